The average molecular weight is 528 g/mol. The molecule has 0 aliphatic rings. The predicted molar refractivity (Wildman–Crippen MR) is 152 cm³/mol. The molecule has 0 radical (unpaired) electrons. The van der Waals surface area contributed by atoms with Crippen LogP contribution in [-0.2, 0) is 10.1 Å². The minimum absolute atomic E-state index is 0.178. The van der Waals surface area contributed by atoms with Gasteiger partial charge in [-0.2, -0.15) is 0 Å². The Labute approximate surface area is 224 Å². The maximum absolute atomic E-state index is 10.4. The maximum atomic E-state index is 10.4. The SMILES string of the molecule is CCCCCCCCC[N+](C)(CCCCO)CCCCCCCCC.Cc1ccc(S(=O)(=O)[O-])cc1. The van der Waals surface area contributed by atoms with Crippen LogP contribution in [0.15, 0.2) is 29.2 Å². The topological polar surface area (TPSA) is 77.4 Å². The molecule has 1 aromatic rings. The number of nitrogens with zero attached hydrogens (tertiary/aromatic N) is 1. The summed E-state index contributed by atoms with van der Waals surface area (Å²) in [6.45, 7) is 10.7. The van der Waals surface area contributed by atoms with E-state index < -0.39 is 10.1 Å². The molecule has 212 valence electrons. The lowest BCUT2D eigenvalue weighted by Crippen LogP contribution is -2.46. The highest BCUT2D eigenvalue weighted by Gasteiger charge is 2.20. The Kier molecular flexibility index (Phi) is 21.5. The molecule has 0 fully saturated rings. The van der Waals surface area contributed by atoms with E-state index in [0.717, 1.165) is 12.0 Å². The van der Waals surface area contributed by atoms with Crippen LogP contribution in [0.3, 0.4) is 0 Å². The molecular formula is C30H57NO4S. The fraction of sp³-hybridized carbons (Fsp3) is 0.800. The van der Waals surface area contributed by atoms with Crippen LogP contribution in [0.25, 0.3) is 0 Å². The Balaban J connectivity index is 0.000000918. The van der Waals surface area contributed by atoms with Gasteiger partial charge in [0.15, 0.2) is 0 Å². The van der Waals surface area contributed by atoms with Gasteiger partial charge >= 0.3 is 0 Å². The molecule has 6 heteroatoms. The van der Waals surface area contributed by atoms with Crippen molar-refractivity contribution >= 4 is 10.1 Å². The molecule has 0 unspecified atom stereocenters. The van der Waals surface area contributed by atoms with Gasteiger partial charge in [-0.3, -0.25) is 0 Å². The highest BCUT2D eigenvalue weighted by molar-refractivity contribution is 7.85. The minimum Gasteiger partial charge on any atom is -0.744 e. The fourth-order valence-electron chi connectivity index (χ4n) is 4.55. The van der Waals surface area contributed by atoms with Crippen molar-refractivity contribution in [2.45, 2.75) is 128 Å². The quantitative estimate of drug-likeness (QED) is 0.101. The molecule has 0 heterocycles. The van der Waals surface area contributed by atoms with Crippen molar-refractivity contribution in [1.29, 1.82) is 0 Å². The van der Waals surface area contributed by atoms with Crippen molar-refractivity contribution in [3.8, 4) is 0 Å². The molecule has 0 saturated heterocycles. The molecule has 1 aromatic carbocycles. The smallest absolute Gasteiger partial charge is 0.124 e. The lowest BCUT2D eigenvalue weighted by atomic mass is 10.1. The summed E-state index contributed by atoms with van der Waals surface area (Å²) in [5.74, 6) is 0. The fourth-order valence-corrected chi connectivity index (χ4v) is 5.02. The zero-order chi connectivity index (χ0) is 27.1. The number of aryl methyl sites for hydroxylation is 1. The first-order chi connectivity index (χ1) is 17.2. The molecule has 5 nitrogen and oxygen atoms in total. The molecule has 0 atom stereocenters. The van der Waals surface area contributed by atoms with Gasteiger partial charge in [-0.25, -0.2) is 8.42 Å². The van der Waals surface area contributed by atoms with E-state index in [1.54, 1.807) is 12.1 Å². The standard InChI is InChI=1S/C23H50NO.C7H8O3S/c1-4-6-8-10-12-14-16-20-24(3,22-18-19-23-25)21-17-15-13-11-9-7-5-2;1-6-2-4-7(5-3-6)11(8,9)10/h25H,4-23H2,1-3H3;2-5H,1H3,(H,8,9,10)/q+1;/p-1. The Morgan fingerprint density at radius 2 is 1.03 bits per heavy atom. The zero-order valence-corrected chi connectivity index (χ0v) is 24.8. The second kappa shape index (κ2) is 22.1. The van der Waals surface area contributed by atoms with Crippen LogP contribution in [0.1, 0.15) is 122 Å². The Morgan fingerprint density at radius 1 is 0.667 bits per heavy atom. The van der Waals surface area contributed by atoms with E-state index >= 15 is 0 Å². The van der Waals surface area contributed by atoms with Gasteiger partial charge in [0, 0.05) is 6.61 Å². The van der Waals surface area contributed by atoms with Crippen molar-refractivity contribution in [2.24, 2.45) is 0 Å². The van der Waals surface area contributed by atoms with Crippen LogP contribution >= 0.6 is 0 Å². The van der Waals surface area contributed by atoms with E-state index in [1.165, 1.54) is 133 Å². The van der Waals surface area contributed by atoms with Gasteiger partial charge < -0.3 is 14.1 Å². The molecular weight excluding hydrogens is 470 g/mol. The molecule has 0 spiro atoms. The van der Waals surface area contributed by atoms with Crippen molar-refractivity contribution in [3.05, 3.63) is 29.8 Å². The van der Waals surface area contributed by atoms with Gasteiger partial charge in [-0.1, -0.05) is 95.8 Å². The first-order valence-electron chi connectivity index (χ1n) is 14.7. The zero-order valence-electron chi connectivity index (χ0n) is 24.0. The Hall–Kier alpha value is -0.950. The molecule has 0 bridgehead atoms. The van der Waals surface area contributed by atoms with E-state index in [2.05, 4.69) is 20.9 Å². The van der Waals surface area contributed by atoms with E-state index in [1.807, 2.05) is 6.92 Å². The van der Waals surface area contributed by atoms with Gasteiger partial charge in [0.2, 0.25) is 0 Å². The van der Waals surface area contributed by atoms with Crippen LogP contribution in [0.4, 0.5) is 0 Å². The molecule has 1 N–H and O–H groups in total. The van der Waals surface area contributed by atoms with E-state index in [-0.39, 0.29) is 4.90 Å². The lowest BCUT2D eigenvalue weighted by molar-refractivity contribution is -0.910. The van der Waals surface area contributed by atoms with Crippen molar-refractivity contribution < 1.29 is 22.6 Å². The minimum atomic E-state index is -4.27. The highest BCUT2D eigenvalue weighted by Crippen LogP contribution is 2.15. The van der Waals surface area contributed by atoms with E-state index in [0.29, 0.717) is 6.61 Å². The number of hydrogen-bond donors (Lipinski definition) is 1. The summed E-state index contributed by atoms with van der Waals surface area (Å²) >= 11 is 0. The first kappa shape index (κ1) is 35.0. The van der Waals surface area contributed by atoms with Gasteiger partial charge in [0.05, 0.1) is 31.6 Å². The average Bonchev–Trinajstić information content (AvgIpc) is 2.83. The number of quaternary nitrogens is 1. The van der Waals surface area contributed by atoms with Crippen LogP contribution < -0.4 is 0 Å². The third-order valence-electron chi connectivity index (χ3n) is 7.02. The van der Waals surface area contributed by atoms with Gasteiger partial charge in [-0.05, 0) is 57.6 Å². The number of aliphatic hydroxyl groups is 1. The number of hydrogen-bond acceptors (Lipinski definition) is 4. The first-order valence-corrected chi connectivity index (χ1v) is 16.1. The highest BCUT2D eigenvalue weighted by atomic mass is 32.2. The van der Waals surface area contributed by atoms with Crippen molar-refractivity contribution in [2.75, 3.05) is 33.3 Å². The van der Waals surface area contributed by atoms with Crippen molar-refractivity contribution in [3.63, 3.8) is 0 Å². The monoisotopic (exact) mass is 527 g/mol. The van der Waals surface area contributed by atoms with Crippen molar-refractivity contribution in [1.82, 2.24) is 0 Å². The summed E-state index contributed by atoms with van der Waals surface area (Å²) in [4.78, 5) is -0.178. The Morgan fingerprint density at radius 3 is 1.39 bits per heavy atom. The number of rotatable bonds is 21. The summed E-state index contributed by atoms with van der Waals surface area (Å²) in [6, 6.07) is 5.78. The summed E-state index contributed by atoms with van der Waals surface area (Å²) in [7, 11) is -1.81. The van der Waals surface area contributed by atoms with Gasteiger partial charge in [0.1, 0.15) is 10.1 Å². The van der Waals surface area contributed by atoms with Gasteiger partial charge in [-0.15, -0.1) is 0 Å². The largest absolute Gasteiger partial charge is 0.744 e. The van der Waals surface area contributed by atoms with E-state index in [4.69, 9.17) is 5.11 Å². The van der Waals surface area contributed by atoms with Crippen LogP contribution in [-0.4, -0.2) is 55.8 Å². The second-order valence-electron chi connectivity index (χ2n) is 10.7. The number of benzene rings is 1. The summed E-state index contributed by atoms with van der Waals surface area (Å²) < 4.78 is 32.4. The normalized spacial score (nSPS) is 11.8. The Bertz CT molecular complexity index is 701. The molecule has 0 aromatic heterocycles. The summed E-state index contributed by atoms with van der Waals surface area (Å²) in [5, 5.41) is 9.09. The van der Waals surface area contributed by atoms with Crippen LogP contribution in [0, 0.1) is 6.92 Å². The molecule has 1 rings (SSSR count). The van der Waals surface area contributed by atoms with E-state index in [9.17, 15) is 13.0 Å². The third-order valence-corrected chi connectivity index (χ3v) is 7.87. The van der Waals surface area contributed by atoms with Gasteiger partial charge in [0.25, 0.3) is 0 Å². The molecule has 36 heavy (non-hydrogen) atoms. The van der Waals surface area contributed by atoms with Crippen LogP contribution in [0.5, 0.6) is 0 Å². The third kappa shape index (κ3) is 20.1. The maximum Gasteiger partial charge on any atom is 0.124 e. The second-order valence-corrected chi connectivity index (χ2v) is 12.1. The molecule has 0 aliphatic carbocycles. The molecule has 0 saturated carbocycles. The lowest BCUT2D eigenvalue weighted by Gasteiger charge is -2.35. The summed E-state index contributed by atoms with van der Waals surface area (Å²) in [6.07, 6.45) is 21.8. The summed E-state index contributed by atoms with van der Waals surface area (Å²) in [5.41, 5.74) is 0.928. The predicted octanol–water partition coefficient (Wildman–Crippen LogP) is 7.61. The molecule has 0 aliphatic heterocycles. The number of aliphatic hydroxyl groups excluding tert-OH is 1. The van der Waals surface area contributed by atoms with Crippen LogP contribution in [0.2, 0.25) is 0 Å². The number of unbranched alkanes of at least 4 members (excludes halogenated alkanes) is 13. The molecule has 0 amide bonds.